The van der Waals surface area contributed by atoms with Gasteiger partial charge in [0.25, 0.3) is 0 Å². The number of hydrogen-bond acceptors (Lipinski definition) is 5. The normalized spacial score (nSPS) is 15.8. The van der Waals surface area contributed by atoms with Crippen LogP contribution in [-0.2, 0) is 9.53 Å². The highest BCUT2D eigenvalue weighted by Crippen LogP contribution is 2.19. The third-order valence-electron chi connectivity index (χ3n) is 3.21. The molecule has 0 bridgehead atoms. The summed E-state index contributed by atoms with van der Waals surface area (Å²) in [6.45, 7) is 7.05. The number of unbranched alkanes of at least 4 members (excludes halogenated alkanes) is 1. The number of ether oxygens (including phenoxy) is 1. The molecule has 0 heterocycles. The molecule has 0 saturated heterocycles. The van der Waals surface area contributed by atoms with Crippen LogP contribution in [-0.4, -0.2) is 47.9 Å². The lowest BCUT2D eigenvalue weighted by Crippen LogP contribution is -2.50. The van der Waals surface area contributed by atoms with E-state index in [0.29, 0.717) is 5.25 Å². The van der Waals surface area contributed by atoms with Crippen LogP contribution in [0.3, 0.4) is 0 Å². The molecule has 0 amide bonds. The maximum absolute atomic E-state index is 11.8. The molecular weight excluding hydrogens is 262 g/mol. The van der Waals surface area contributed by atoms with E-state index in [9.17, 15) is 4.79 Å². The van der Waals surface area contributed by atoms with E-state index in [4.69, 9.17) is 9.84 Å². The molecule has 2 N–H and O–H groups in total. The molecule has 0 aliphatic rings. The van der Waals surface area contributed by atoms with Crippen molar-refractivity contribution in [2.75, 3.05) is 26.0 Å². The minimum Gasteiger partial charge on any atom is -0.468 e. The lowest BCUT2D eigenvalue weighted by atomic mass is 9.95. The summed E-state index contributed by atoms with van der Waals surface area (Å²) in [4.78, 5) is 11.8. The van der Waals surface area contributed by atoms with Crippen LogP contribution in [0.4, 0.5) is 0 Å². The maximum Gasteiger partial charge on any atom is 0.325 e. The molecule has 0 radical (unpaired) electrons. The van der Waals surface area contributed by atoms with Crippen molar-refractivity contribution in [1.29, 1.82) is 0 Å². The first-order valence-corrected chi connectivity index (χ1v) is 8.11. The number of thioether (sulfide) groups is 1. The number of rotatable bonds is 11. The van der Waals surface area contributed by atoms with Gasteiger partial charge in [0.1, 0.15) is 5.54 Å². The Morgan fingerprint density at radius 1 is 1.47 bits per heavy atom. The van der Waals surface area contributed by atoms with Crippen LogP contribution in [0, 0.1) is 0 Å². The topological polar surface area (TPSA) is 58.6 Å². The molecule has 2 atom stereocenters. The van der Waals surface area contributed by atoms with E-state index in [1.807, 2.05) is 25.6 Å². The molecule has 5 heteroatoms. The van der Waals surface area contributed by atoms with E-state index < -0.39 is 5.54 Å². The van der Waals surface area contributed by atoms with Gasteiger partial charge in [-0.3, -0.25) is 4.79 Å². The summed E-state index contributed by atoms with van der Waals surface area (Å²) in [6.07, 6.45) is 3.72. The lowest BCUT2D eigenvalue weighted by molar-refractivity contribution is -0.148. The number of aliphatic hydroxyl groups excluding tert-OH is 1. The first kappa shape index (κ1) is 18.7. The SMILES string of the molecule is CCNC(C)(CCCCSC(C)CCO)C(=O)OC. The Morgan fingerprint density at radius 2 is 2.16 bits per heavy atom. The summed E-state index contributed by atoms with van der Waals surface area (Å²) in [5.41, 5.74) is -0.565. The second-order valence-corrected chi connectivity index (χ2v) is 6.55. The summed E-state index contributed by atoms with van der Waals surface area (Å²) in [5.74, 6) is 0.889. The van der Waals surface area contributed by atoms with E-state index in [1.54, 1.807) is 0 Å². The van der Waals surface area contributed by atoms with Gasteiger partial charge in [-0.2, -0.15) is 11.8 Å². The Balaban J connectivity index is 3.91. The zero-order valence-electron chi connectivity index (χ0n) is 12.7. The number of aliphatic hydroxyl groups is 1. The molecule has 114 valence electrons. The smallest absolute Gasteiger partial charge is 0.325 e. The summed E-state index contributed by atoms with van der Waals surface area (Å²) < 4.78 is 4.86. The van der Waals surface area contributed by atoms with Crippen LogP contribution in [0.25, 0.3) is 0 Å². The van der Waals surface area contributed by atoms with E-state index in [-0.39, 0.29) is 12.6 Å². The van der Waals surface area contributed by atoms with Gasteiger partial charge in [0, 0.05) is 11.9 Å². The van der Waals surface area contributed by atoms with Crippen LogP contribution in [0.1, 0.15) is 46.5 Å². The Hall–Kier alpha value is -0.260. The number of carbonyl (C=O) groups is 1. The molecule has 0 rings (SSSR count). The van der Waals surface area contributed by atoms with Gasteiger partial charge >= 0.3 is 5.97 Å². The zero-order valence-corrected chi connectivity index (χ0v) is 13.5. The first-order valence-electron chi connectivity index (χ1n) is 7.06. The summed E-state index contributed by atoms with van der Waals surface area (Å²) in [6, 6.07) is 0. The highest BCUT2D eigenvalue weighted by atomic mass is 32.2. The molecule has 0 fully saturated rings. The van der Waals surface area contributed by atoms with Gasteiger partial charge in [0.15, 0.2) is 0 Å². The van der Waals surface area contributed by atoms with Crippen molar-refractivity contribution < 1.29 is 14.6 Å². The second kappa shape index (κ2) is 10.5. The van der Waals surface area contributed by atoms with Gasteiger partial charge in [-0.05, 0) is 38.5 Å². The van der Waals surface area contributed by atoms with Crippen LogP contribution in [0.2, 0.25) is 0 Å². The maximum atomic E-state index is 11.8. The van der Waals surface area contributed by atoms with Crippen LogP contribution >= 0.6 is 11.8 Å². The van der Waals surface area contributed by atoms with Crippen LogP contribution < -0.4 is 5.32 Å². The van der Waals surface area contributed by atoms with Gasteiger partial charge in [-0.25, -0.2) is 0 Å². The minimum atomic E-state index is -0.565. The molecular formula is C14H29NO3S. The molecule has 0 aromatic carbocycles. The molecule has 0 aliphatic heterocycles. The number of nitrogens with one attached hydrogen (secondary N) is 1. The Kier molecular flexibility index (Phi) is 10.4. The molecule has 2 unspecified atom stereocenters. The van der Waals surface area contributed by atoms with Crippen molar-refractivity contribution in [1.82, 2.24) is 5.32 Å². The highest BCUT2D eigenvalue weighted by molar-refractivity contribution is 7.99. The van der Waals surface area contributed by atoms with E-state index in [0.717, 1.165) is 38.0 Å². The number of likely N-dealkylation sites (N-methyl/N-ethyl adjacent to an activating group) is 1. The van der Waals surface area contributed by atoms with E-state index in [2.05, 4.69) is 12.2 Å². The number of carbonyl (C=O) groups excluding carboxylic acids is 1. The van der Waals surface area contributed by atoms with Crippen molar-refractivity contribution >= 4 is 17.7 Å². The standard InChI is InChI=1S/C14H29NO3S/c1-5-15-14(3,13(17)18-4)9-6-7-11-19-12(2)8-10-16/h12,15-16H,5-11H2,1-4H3. The molecule has 19 heavy (non-hydrogen) atoms. The van der Waals surface area contributed by atoms with Crippen molar-refractivity contribution in [3.8, 4) is 0 Å². The quantitative estimate of drug-likeness (QED) is 0.451. The predicted molar refractivity (Wildman–Crippen MR) is 81.6 cm³/mol. The summed E-state index contributed by atoms with van der Waals surface area (Å²) in [7, 11) is 1.43. The third kappa shape index (κ3) is 7.80. The number of hydrogen-bond donors (Lipinski definition) is 2. The monoisotopic (exact) mass is 291 g/mol. The van der Waals surface area contributed by atoms with E-state index >= 15 is 0 Å². The molecule has 0 aromatic heterocycles. The van der Waals surface area contributed by atoms with Gasteiger partial charge in [0.2, 0.25) is 0 Å². The fourth-order valence-electron chi connectivity index (χ4n) is 2.01. The largest absolute Gasteiger partial charge is 0.468 e. The van der Waals surface area contributed by atoms with Crippen LogP contribution in [0.15, 0.2) is 0 Å². The fraction of sp³-hybridized carbons (Fsp3) is 0.929. The summed E-state index contributed by atoms with van der Waals surface area (Å²) >= 11 is 1.88. The first-order chi connectivity index (χ1) is 9.00. The van der Waals surface area contributed by atoms with Gasteiger partial charge in [-0.15, -0.1) is 0 Å². The van der Waals surface area contributed by atoms with Crippen LogP contribution in [0.5, 0.6) is 0 Å². The second-order valence-electron chi connectivity index (χ2n) is 5.00. The zero-order chi connectivity index (χ0) is 14.7. The molecule has 0 saturated carbocycles. The minimum absolute atomic E-state index is 0.185. The molecule has 0 aromatic rings. The Bertz CT molecular complexity index is 251. The number of methoxy groups -OCH3 is 1. The summed E-state index contributed by atoms with van der Waals surface area (Å²) in [5, 5.41) is 12.5. The van der Waals surface area contributed by atoms with Crippen molar-refractivity contribution in [3.63, 3.8) is 0 Å². The Morgan fingerprint density at radius 3 is 2.68 bits per heavy atom. The Labute approximate surface area is 121 Å². The van der Waals surface area contributed by atoms with Crippen molar-refractivity contribution in [2.24, 2.45) is 0 Å². The fourth-order valence-corrected chi connectivity index (χ4v) is 3.05. The van der Waals surface area contributed by atoms with Gasteiger partial charge in [-0.1, -0.05) is 20.3 Å². The van der Waals surface area contributed by atoms with Crippen molar-refractivity contribution in [2.45, 2.75) is 57.2 Å². The average Bonchev–Trinajstić information content (AvgIpc) is 2.38. The molecule has 0 spiro atoms. The number of esters is 1. The molecule has 4 nitrogen and oxygen atoms in total. The third-order valence-corrected chi connectivity index (χ3v) is 4.54. The van der Waals surface area contributed by atoms with Gasteiger partial charge in [0.05, 0.1) is 7.11 Å². The lowest BCUT2D eigenvalue weighted by Gasteiger charge is -2.27. The van der Waals surface area contributed by atoms with Crippen molar-refractivity contribution in [3.05, 3.63) is 0 Å². The highest BCUT2D eigenvalue weighted by Gasteiger charge is 2.32. The van der Waals surface area contributed by atoms with Gasteiger partial charge < -0.3 is 15.2 Å². The average molecular weight is 291 g/mol. The van der Waals surface area contributed by atoms with E-state index in [1.165, 1.54) is 7.11 Å². The predicted octanol–water partition coefficient (Wildman–Crippen LogP) is 2.20. The molecule has 0 aliphatic carbocycles.